The van der Waals surface area contributed by atoms with Crippen LogP contribution in [0.4, 0.5) is 11.4 Å². The van der Waals surface area contributed by atoms with Crippen LogP contribution < -0.4 is 5.32 Å². The van der Waals surface area contributed by atoms with Gasteiger partial charge < -0.3 is 5.32 Å². The average molecular weight is 306 g/mol. The highest BCUT2D eigenvalue weighted by molar-refractivity contribution is 6.30. The molecule has 1 atom stereocenters. The molecular formula is C15H16ClN3O2. The van der Waals surface area contributed by atoms with Crippen LogP contribution in [-0.4, -0.2) is 9.91 Å². The maximum absolute atomic E-state index is 11.0. The number of rotatable bonds is 4. The van der Waals surface area contributed by atoms with E-state index in [1.807, 2.05) is 26.0 Å². The molecule has 110 valence electrons. The molecule has 0 saturated carbocycles. The Balaban J connectivity index is 2.23. The first kappa shape index (κ1) is 15.3. The minimum absolute atomic E-state index is 0.0772. The number of aryl methyl sites for hydroxylation is 2. The highest BCUT2D eigenvalue weighted by atomic mass is 35.5. The Bertz CT molecular complexity index is 689. The average Bonchev–Trinajstić information content (AvgIpc) is 2.43. The molecule has 6 heteroatoms. The fourth-order valence-electron chi connectivity index (χ4n) is 2.06. The molecule has 0 saturated heterocycles. The van der Waals surface area contributed by atoms with Gasteiger partial charge in [-0.1, -0.05) is 23.7 Å². The van der Waals surface area contributed by atoms with E-state index in [1.54, 1.807) is 25.3 Å². The first-order valence-electron chi connectivity index (χ1n) is 6.52. The maximum Gasteiger partial charge on any atom is 0.272 e. The SMILES string of the molecule is Cc1ccc(C(C)Nc2cnc(Cl)c(C)c2)cc1[N+](=O)[O-]. The van der Waals surface area contributed by atoms with Crippen molar-refractivity contribution in [2.75, 3.05) is 5.32 Å². The van der Waals surface area contributed by atoms with Gasteiger partial charge in [0.1, 0.15) is 5.15 Å². The summed E-state index contributed by atoms with van der Waals surface area (Å²) in [6, 6.07) is 7.07. The van der Waals surface area contributed by atoms with Gasteiger partial charge in [-0.15, -0.1) is 0 Å². The molecule has 0 aliphatic heterocycles. The minimum atomic E-state index is -0.362. The minimum Gasteiger partial charge on any atom is -0.377 e. The monoisotopic (exact) mass is 305 g/mol. The summed E-state index contributed by atoms with van der Waals surface area (Å²) in [5.41, 5.74) is 3.34. The number of nitrogens with zero attached hydrogens (tertiary/aromatic N) is 2. The van der Waals surface area contributed by atoms with Gasteiger partial charge in [0.2, 0.25) is 0 Å². The van der Waals surface area contributed by atoms with Crippen LogP contribution in [0.15, 0.2) is 30.5 Å². The predicted molar refractivity (Wildman–Crippen MR) is 83.9 cm³/mol. The van der Waals surface area contributed by atoms with Crippen LogP contribution in [0.25, 0.3) is 0 Å². The number of hydrogen-bond donors (Lipinski definition) is 1. The molecule has 0 aliphatic rings. The van der Waals surface area contributed by atoms with Gasteiger partial charge in [-0.3, -0.25) is 10.1 Å². The second-order valence-electron chi connectivity index (χ2n) is 5.00. The van der Waals surface area contributed by atoms with Gasteiger partial charge in [-0.05, 0) is 38.0 Å². The Labute approximate surface area is 128 Å². The lowest BCUT2D eigenvalue weighted by molar-refractivity contribution is -0.385. The number of nitro benzene ring substituents is 1. The van der Waals surface area contributed by atoms with Crippen molar-refractivity contribution in [3.05, 3.63) is 62.4 Å². The van der Waals surface area contributed by atoms with Crippen molar-refractivity contribution in [2.45, 2.75) is 26.8 Å². The largest absolute Gasteiger partial charge is 0.377 e. The molecule has 1 unspecified atom stereocenters. The van der Waals surface area contributed by atoms with Gasteiger partial charge in [0, 0.05) is 17.7 Å². The third-order valence-electron chi connectivity index (χ3n) is 3.33. The van der Waals surface area contributed by atoms with Crippen molar-refractivity contribution in [2.24, 2.45) is 0 Å². The lowest BCUT2D eigenvalue weighted by atomic mass is 10.0. The Morgan fingerprint density at radius 1 is 1.29 bits per heavy atom. The summed E-state index contributed by atoms with van der Waals surface area (Å²) in [6.07, 6.45) is 1.65. The molecule has 0 spiro atoms. The van der Waals surface area contributed by atoms with Gasteiger partial charge in [0.05, 0.1) is 16.8 Å². The zero-order valence-corrected chi connectivity index (χ0v) is 12.8. The van der Waals surface area contributed by atoms with Crippen LogP contribution in [0.2, 0.25) is 5.15 Å². The van der Waals surface area contributed by atoms with Gasteiger partial charge in [-0.2, -0.15) is 0 Å². The van der Waals surface area contributed by atoms with E-state index < -0.39 is 0 Å². The molecule has 0 amide bonds. The number of halogens is 1. The smallest absolute Gasteiger partial charge is 0.272 e. The van der Waals surface area contributed by atoms with Gasteiger partial charge in [0.15, 0.2) is 0 Å². The molecule has 2 aromatic rings. The summed E-state index contributed by atoms with van der Waals surface area (Å²) in [6.45, 7) is 5.55. The molecule has 5 nitrogen and oxygen atoms in total. The zero-order valence-electron chi connectivity index (χ0n) is 12.1. The number of hydrogen-bond acceptors (Lipinski definition) is 4. The Hall–Kier alpha value is -2.14. The normalized spacial score (nSPS) is 12.0. The van der Waals surface area contributed by atoms with E-state index in [0.29, 0.717) is 10.7 Å². The lowest BCUT2D eigenvalue weighted by Gasteiger charge is -2.16. The highest BCUT2D eigenvalue weighted by Crippen LogP contribution is 2.26. The Morgan fingerprint density at radius 2 is 2.00 bits per heavy atom. The molecule has 1 aromatic heterocycles. The number of nitrogens with one attached hydrogen (secondary N) is 1. The van der Waals surface area contributed by atoms with Crippen LogP contribution in [0, 0.1) is 24.0 Å². The molecule has 0 aliphatic carbocycles. The van der Waals surface area contributed by atoms with Crippen LogP contribution in [0.5, 0.6) is 0 Å². The van der Waals surface area contributed by atoms with E-state index in [0.717, 1.165) is 16.8 Å². The molecule has 0 bridgehead atoms. The third-order valence-corrected chi connectivity index (χ3v) is 3.72. The fraction of sp³-hybridized carbons (Fsp3) is 0.267. The predicted octanol–water partition coefficient (Wildman–Crippen LogP) is 4.43. The van der Waals surface area contributed by atoms with Crippen molar-refractivity contribution in [1.82, 2.24) is 4.98 Å². The number of pyridine rings is 1. The van der Waals surface area contributed by atoms with Crippen molar-refractivity contribution in [3.63, 3.8) is 0 Å². The van der Waals surface area contributed by atoms with Crippen LogP contribution in [0.3, 0.4) is 0 Å². The molecule has 1 heterocycles. The van der Waals surface area contributed by atoms with Crippen molar-refractivity contribution >= 4 is 23.0 Å². The summed E-state index contributed by atoms with van der Waals surface area (Å²) in [4.78, 5) is 14.7. The maximum atomic E-state index is 11.0. The van der Waals surface area contributed by atoms with E-state index >= 15 is 0 Å². The number of anilines is 1. The number of aromatic nitrogens is 1. The molecule has 2 rings (SSSR count). The molecule has 0 radical (unpaired) electrons. The second-order valence-corrected chi connectivity index (χ2v) is 5.36. The molecular weight excluding hydrogens is 290 g/mol. The number of nitro groups is 1. The molecule has 1 N–H and O–H groups in total. The van der Waals surface area contributed by atoms with Crippen molar-refractivity contribution < 1.29 is 4.92 Å². The summed E-state index contributed by atoms with van der Waals surface area (Å²) in [7, 11) is 0. The molecule has 1 aromatic carbocycles. The summed E-state index contributed by atoms with van der Waals surface area (Å²) < 4.78 is 0. The summed E-state index contributed by atoms with van der Waals surface area (Å²) >= 11 is 5.89. The zero-order chi connectivity index (χ0) is 15.6. The standard InChI is InChI=1S/C15H16ClN3O2/c1-9-4-5-12(7-14(9)19(20)21)11(3)18-13-6-10(2)15(16)17-8-13/h4-8,11,18H,1-3H3. The van der Waals surface area contributed by atoms with E-state index in [1.165, 1.54) is 0 Å². The van der Waals surface area contributed by atoms with Crippen molar-refractivity contribution in [3.8, 4) is 0 Å². The molecule has 0 fully saturated rings. The lowest BCUT2D eigenvalue weighted by Crippen LogP contribution is -2.08. The number of benzene rings is 1. The topological polar surface area (TPSA) is 68.1 Å². The Morgan fingerprint density at radius 3 is 2.62 bits per heavy atom. The third kappa shape index (κ3) is 3.49. The van der Waals surface area contributed by atoms with E-state index in [9.17, 15) is 10.1 Å². The van der Waals surface area contributed by atoms with E-state index in [2.05, 4.69) is 10.3 Å². The van der Waals surface area contributed by atoms with E-state index in [4.69, 9.17) is 11.6 Å². The van der Waals surface area contributed by atoms with Crippen LogP contribution in [-0.2, 0) is 0 Å². The first-order valence-corrected chi connectivity index (χ1v) is 6.90. The van der Waals surface area contributed by atoms with E-state index in [-0.39, 0.29) is 16.7 Å². The highest BCUT2D eigenvalue weighted by Gasteiger charge is 2.14. The summed E-state index contributed by atoms with van der Waals surface area (Å²) in [5, 5.41) is 14.7. The van der Waals surface area contributed by atoms with Gasteiger partial charge in [-0.25, -0.2) is 4.98 Å². The van der Waals surface area contributed by atoms with Gasteiger partial charge >= 0.3 is 0 Å². The first-order chi connectivity index (χ1) is 9.88. The molecule has 21 heavy (non-hydrogen) atoms. The summed E-state index contributed by atoms with van der Waals surface area (Å²) in [5.74, 6) is 0. The second kappa shape index (κ2) is 6.10. The van der Waals surface area contributed by atoms with Gasteiger partial charge in [0.25, 0.3) is 5.69 Å². The van der Waals surface area contributed by atoms with Crippen LogP contribution >= 0.6 is 11.6 Å². The Kier molecular flexibility index (Phi) is 4.43. The quantitative estimate of drug-likeness (QED) is 0.515. The van der Waals surface area contributed by atoms with Crippen LogP contribution in [0.1, 0.15) is 29.7 Å². The fourth-order valence-corrected chi connectivity index (χ4v) is 2.17. The van der Waals surface area contributed by atoms with Crippen molar-refractivity contribution in [1.29, 1.82) is 0 Å².